The van der Waals surface area contributed by atoms with Gasteiger partial charge in [0.2, 0.25) is 0 Å². The third-order valence-electron chi connectivity index (χ3n) is 3.81. The number of carboxylic acids is 1. The van der Waals surface area contributed by atoms with Crippen LogP contribution in [0.5, 0.6) is 0 Å². The summed E-state index contributed by atoms with van der Waals surface area (Å²) in [5.74, 6) is -0.975. The number of nitrogens with zero attached hydrogens (tertiary/aromatic N) is 4. The largest absolute Gasteiger partial charge is 0.477 e. The molecule has 1 aromatic carbocycles. The summed E-state index contributed by atoms with van der Waals surface area (Å²) in [6, 6.07) is 6.72. The molecule has 9 heteroatoms. The monoisotopic (exact) mass is 358 g/mol. The number of aliphatic carboxylic acids is 1. The maximum atomic E-state index is 10.9. The third-order valence-corrected chi connectivity index (χ3v) is 4.06. The Labute approximate surface area is 147 Å². The number of nitrogens with two attached hydrogens (primary N) is 1. The Hall–Kier alpha value is -3.00. The van der Waals surface area contributed by atoms with E-state index in [0.717, 1.165) is 5.56 Å². The van der Waals surface area contributed by atoms with Crippen molar-refractivity contribution in [1.29, 1.82) is 5.41 Å². The number of benzene rings is 1. The van der Waals surface area contributed by atoms with E-state index in [4.69, 9.17) is 27.9 Å². The van der Waals surface area contributed by atoms with Crippen LogP contribution in [0, 0.1) is 5.41 Å². The number of carboxylic acid groups (broad SMARTS) is 1. The minimum atomic E-state index is -1.25. The maximum absolute atomic E-state index is 10.9. The lowest BCUT2D eigenvalue weighted by Gasteiger charge is -2.11. The van der Waals surface area contributed by atoms with Crippen molar-refractivity contribution in [3.8, 4) is 11.3 Å². The number of carbonyl (C=O) groups is 1. The number of aromatic nitrogens is 4. The van der Waals surface area contributed by atoms with Crippen molar-refractivity contribution in [2.45, 2.75) is 19.4 Å². The summed E-state index contributed by atoms with van der Waals surface area (Å²) in [5.41, 5.74) is 7.48. The Morgan fingerprint density at radius 2 is 2.04 bits per heavy atom. The molecule has 0 amide bonds. The molecule has 0 fully saturated rings. The first-order chi connectivity index (χ1) is 11.9. The van der Waals surface area contributed by atoms with E-state index in [2.05, 4.69) is 15.1 Å². The number of fused-ring (bicyclic) bond motifs is 1. The number of nitrogen functional groups attached to an aromatic ring is 1. The van der Waals surface area contributed by atoms with Crippen molar-refractivity contribution in [1.82, 2.24) is 19.7 Å². The lowest BCUT2D eigenvalue weighted by Crippen LogP contribution is -2.18. The van der Waals surface area contributed by atoms with Crippen molar-refractivity contribution >= 4 is 40.1 Å². The summed E-state index contributed by atoms with van der Waals surface area (Å²) in [4.78, 5) is 19.2. The fraction of sp³-hybridized carbons (Fsp3) is 0.188. The van der Waals surface area contributed by atoms with Crippen molar-refractivity contribution in [3.05, 3.63) is 35.6 Å². The number of anilines is 1. The number of hydrogen-bond donors (Lipinski definition) is 3. The van der Waals surface area contributed by atoms with Crippen molar-refractivity contribution in [3.63, 3.8) is 0 Å². The highest BCUT2D eigenvalue weighted by Gasteiger charge is 2.22. The molecule has 25 heavy (non-hydrogen) atoms. The van der Waals surface area contributed by atoms with Crippen LogP contribution in [0.2, 0.25) is 5.02 Å². The van der Waals surface area contributed by atoms with Gasteiger partial charge in [-0.2, -0.15) is 5.10 Å². The van der Waals surface area contributed by atoms with Crippen LogP contribution in [0.3, 0.4) is 0 Å². The van der Waals surface area contributed by atoms with Gasteiger partial charge in [0.1, 0.15) is 23.6 Å². The van der Waals surface area contributed by atoms with E-state index in [0.29, 0.717) is 21.7 Å². The van der Waals surface area contributed by atoms with E-state index >= 15 is 0 Å². The van der Waals surface area contributed by atoms with E-state index in [1.54, 1.807) is 23.7 Å². The fourth-order valence-corrected chi connectivity index (χ4v) is 2.71. The second-order valence-electron chi connectivity index (χ2n) is 5.59. The molecule has 0 spiro atoms. The third kappa shape index (κ3) is 3.16. The highest BCUT2D eigenvalue weighted by atomic mass is 35.5. The minimum Gasteiger partial charge on any atom is -0.477 e. The number of rotatable bonds is 5. The summed E-state index contributed by atoms with van der Waals surface area (Å²) in [7, 11) is 0. The van der Waals surface area contributed by atoms with E-state index in [9.17, 15) is 4.79 Å². The Bertz CT molecular complexity index is 967. The van der Waals surface area contributed by atoms with E-state index < -0.39 is 11.7 Å². The molecule has 4 N–H and O–H groups in total. The molecule has 3 rings (SSSR count). The highest BCUT2D eigenvalue weighted by Crippen LogP contribution is 2.32. The van der Waals surface area contributed by atoms with E-state index in [1.807, 2.05) is 12.1 Å². The molecule has 0 aliphatic rings. The molecule has 2 heterocycles. The van der Waals surface area contributed by atoms with Gasteiger partial charge in [0, 0.05) is 17.0 Å². The predicted molar refractivity (Wildman–Crippen MR) is 94.9 cm³/mol. The lowest BCUT2D eigenvalue weighted by atomic mass is 10.1. The van der Waals surface area contributed by atoms with Crippen LogP contribution in [-0.4, -0.2) is 36.5 Å². The van der Waals surface area contributed by atoms with E-state index in [-0.39, 0.29) is 18.3 Å². The first-order valence-corrected chi connectivity index (χ1v) is 7.81. The van der Waals surface area contributed by atoms with Gasteiger partial charge in [0.25, 0.3) is 0 Å². The summed E-state index contributed by atoms with van der Waals surface area (Å²) < 4.78 is 1.58. The SMILES string of the molecule is CC(CC(=N)C(=O)O)n1nc(-c2ccc(Cl)cc2)c2c(N)ncnc21. The quantitative estimate of drug-likeness (QED) is 0.601. The highest BCUT2D eigenvalue weighted by molar-refractivity contribution is 6.34. The fourth-order valence-electron chi connectivity index (χ4n) is 2.58. The van der Waals surface area contributed by atoms with Gasteiger partial charge in [-0.1, -0.05) is 23.7 Å². The molecular weight excluding hydrogens is 344 g/mol. The van der Waals surface area contributed by atoms with Gasteiger partial charge in [-0.3, -0.25) is 5.41 Å². The van der Waals surface area contributed by atoms with Gasteiger partial charge < -0.3 is 10.8 Å². The Morgan fingerprint density at radius 1 is 1.36 bits per heavy atom. The molecule has 1 unspecified atom stereocenters. The molecule has 8 nitrogen and oxygen atoms in total. The van der Waals surface area contributed by atoms with Crippen molar-refractivity contribution < 1.29 is 9.90 Å². The number of hydrogen-bond acceptors (Lipinski definition) is 6. The van der Waals surface area contributed by atoms with Crippen LogP contribution >= 0.6 is 11.6 Å². The number of nitrogens with one attached hydrogen (secondary N) is 1. The summed E-state index contributed by atoms with van der Waals surface area (Å²) in [6.07, 6.45) is 1.34. The normalized spacial score (nSPS) is 12.2. The zero-order chi connectivity index (χ0) is 18.1. The number of halogens is 1. The van der Waals surface area contributed by atoms with Gasteiger partial charge in [0.05, 0.1) is 11.4 Å². The van der Waals surface area contributed by atoms with Gasteiger partial charge in [-0.15, -0.1) is 0 Å². The molecule has 0 saturated carbocycles. The summed E-state index contributed by atoms with van der Waals surface area (Å²) in [6.45, 7) is 1.77. The molecular formula is C16H15ClN6O2. The molecule has 0 aliphatic carbocycles. The van der Waals surface area contributed by atoms with Crippen LogP contribution in [0.25, 0.3) is 22.3 Å². The molecule has 1 atom stereocenters. The molecule has 2 aromatic heterocycles. The van der Waals surface area contributed by atoms with Gasteiger partial charge in [-0.05, 0) is 19.1 Å². The predicted octanol–water partition coefficient (Wildman–Crippen LogP) is 2.78. The second-order valence-corrected chi connectivity index (χ2v) is 6.03. The zero-order valence-electron chi connectivity index (χ0n) is 13.3. The van der Waals surface area contributed by atoms with Crippen molar-refractivity contribution in [2.24, 2.45) is 0 Å². The van der Waals surface area contributed by atoms with Crippen LogP contribution in [-0.2, 0) is 4.79 Å². The Kier molecular flexibility index (Phi) is 4.37. The molecule has 128 valence electrons. The minimum absolute atomic E-state index is 0.01000. The van der Waals surface area contributed by atoms with Crippen LogP contribution in [0.4, 0.5) is 5.82 Å². The molecule has 0 radical (unpaired) electrons. The topological polar surface area (TPSA) is 131 Å². The van der Waals surface area contributed by atoms with Crippen LogP contribution in [0.1, 0.15) is 19.4 Å². The summed E-state index contributed by atoms with van der Waals surface area (Å²) >= 11 is 5.94. The van der Waals surface area contributed by atoms with Gasteiger partial charge in [-0.25, -0.2) is 19.4 Å². The van der Waals surface area contributed by atoms with Gasteiger partial charge in [0.15, 0.2) is 5.65 Å². The van der Waals surface area contributed by atoms with Crippen LogP contribution in [0.15, 0.2) is 30.6 Å². The Morgan fingerprint density at radius 3 is 2.68 bits per heavy atom. The first kappa shape index (κ1) is 16.8. The Balaban J connectivity index is 2.14. The zero-order valence-corrected chi connectivity index (χ0v) is 14.0. The maximum Gasteiger partial charge on any atom is 0.349 e. The van der Waals surface area contributed by atoms with Gasteiger partial charge >= 0.3 is 5.97 Å². The molecule has 3 aromatic rings. The first-order valence-electron chi connectivity index (χ1n) is 7.43. The van der Waals surface area contributed by atoms with Crippen molar-refractivity contribution in [2.75, 3.05) is 5.73 Å². The lowest BCUT2D eigenvalue weighted by molar-refractivity contribution is -0.129. The molecule has 0 saturated heterocycles. The average molecular weight is 359 g/mol. The summed E-state index contributed by atoms with van der Waals surface area (Å²) in [5, 5.41) is 22.2. The second kappa shape index (κ2) is 6.48. The standard InChI is InChI=1S/C16H15ClN6O2/c1-8(6-11(18)16(24)25)23-15-12(14(19)20-7-21-15)13(22-23)9-2-4-10(17)5-3-9/h2-5,7-8,18H,6H2,1H3,(H,24,25)(H2,19,20,21). The van der Waals surface area contributed by atoms with E-state index in [1.165, 1.54) is 6.33 Å². The smallest absolute Gasteiger partial charge is 0.349 e. The van der Waals surface area contributed by atoms with Crippen LogP contribution < -0.4 is 5.73 Å². The molecule has 0 bridgehead atoms. The molecule has 0 aliphatic heterocycles. The average Bonchev–Trinajstić information content (AvgIpc) is 2.96.